The summed E-state index contributed by atoms with van der Waals surface area (Å²) in [4.78, 5) is 2.77. The number of rotatable bonds is 3. The lowest BCUT2D eigenvalue weighted by Crippen LogP contribution is -2.34. The highest BCUT2D eigenvalue weighted by molar-refractivity contribution is 4.87. The first-order valence-electron chi connectivity index (χ1n) is 6.29. The first-order valence-corrected chi connectivity index (χ1v) is 6.29. The number of hydrogen-bond donors (Lipinski definition) is 0. The van der Waals surface area contributed by atoms with E-state index >= 15 is 0 Å². The van der Waals surface area contributed by atoms with Gasteiger partial charge in [0.05, 0.1) is 0 Å². The molecule has 1 saturated carbocycles. The summed E-state index contributed by atoms with van der Waals surface area (Å²) in [6.45, 7) is 9.90. The molecule has 0 N–H and O–H groups in total. The predicted molar refractivity (Wildman–Crippen MR) is 61.4 cm³/mol. The highest BCUT2D eigenvalue weighted by atomic mass is 15.2. The highest BCUT2D eigenvalue weighted by Gasteiger charge is 2.32. The second kappa shape index (κ2) is 3.84. The Labute approximate surface area is 88.9 Å². The molecule has 2 rings (SSSR count). The topological polar surface area (TPSA) is 3.24 Å². The quantitative estimate of drug-likeness (QED) is 0.668. The Hall–Kier alpha value is -0.0400. The Kier molecular flexibility index (Phi) is 2.88. The van der Waals surface area contributed by atoms with Crippen LogP contribution in [-0.4, -0.2) is 24.0 Å². The molecule has 2 aliphatic rings. The first kappa shape index (κ1) is 10.5. The van der Waals surface area contributed by atoms with Crippen molar-refractivity contribution in [1.29, 1.82) is 0 Å². The van der Waals surface area contributed by atoms with E-state index in [0.717, 1.165) is 12.0 Å². The van der Waals surface area contributed by atoms with Crippen LogP contribution in [0.15, 0.2) is 0 Å². The molecule has 1 aliphatic heterocycles. The maximum atomic E-state index is 2.77. The maximum absolute atomic E-state index is 2.77. The van der Waals surface area contributed by atoms with Crippen molar-refractivity contribution >= 4 is 0 Å². The van der Waals surface area contributed by atoms with Crippen molar-refractivity contribution in [3.05, 3.63) is 0 Å². The SMILES string of the molecule is CC(C)(C)CC1CCCN1CC1CC1. The van der Waals surface area contributed by atoms with Crippen LogP contribution in [0, 0.1) is 11.3 Å². The molecular formula is C13H25N. The third-order valence-corrected chi connectivity index (χ3v) is 3.54. The van der Waals surface area contributed by atoms with Crippen molar-refractivity contribution in [1.82, 2.24) is 4.90 Å². The molecule has 1 heterocycles. The molecule has 0 aromatic carbocycles. The van der Waals surface area contributed by atoms with Gasteiger partial charge in [-0.3, -0.25) is 0 Å². The molecule has 1 atom stereocenters. The van der Waals surface area contributed by atoms with Crippen molar-refractivity contribution in [2.24, 2.45) is 11.3 Å². The summed E-state index contributed by atoms with van der Waals surface area (Å²) in [5.74, 6) is 1.07. The van der Waals surface area contributed by atoms with Gasteiger partial charge in [-0.2, -0.15) is 0 Å². The van der Waals surface area contributed by atoms with Crippen LogP contribution in [0.25, 0.3) is 0 Å². The van der Waals surface area contributed by atoms with Crippen LogP contribution < -0.4 is 0 Å². The Balaban J connectivity index is 1.82. The van der Waals surface area contributed by atoms with Gasteiger partial charge in [-0.05, 0) is 50.0 Å². The molecule has 0 aromatic rings. The molecule has 82 valence electrons. The monoisotopic (exact) mass is 195 g/mol. The van der Waals surface area contributed by atoms with Gasteiger partial charge in [0.2, 0.25) is 0 Å². The summed E-state index contributed by atoms with van der Waals surface area (Å²) in [7, 11) is 0. The van der Waals surface area contributed by atoms with Crippen molar-refractivity contribution in [2.75, 3.05) is 13.1 Å². The van der Waals surface area contributed by atoms with E-state index < -0.39 is 0 Å². The summed E-state index contributed by atoms with van der Waals surface area (Å²) < 4.78 is 0. The van der Waals surface area contributed by atoms with Crippen molar-refractivity contribution in [3.63, 3.8) is 0 Å². The van der Waals surface area contributed by atoms with Crippen molar-refractivity contribution < 1.29 is 0 Å². The lowest BCUT2D eigenvalue weighted by atomic mass is 9.87. The summed E-state index contributed by atoms with van der Waals surface area (Å²) in [6.07, 6.45) is 7.27. The van der Waals surface area contributed by atoms with E-state index in [2.05, 4.69) is 25.7 Å². The average molecular weight is 195 g/mol. The van der Waals surface area contributed by atoms with Gasteiger partial charge in [-0.1, -0.05) is 20.8 Å². The van der Waals surface area contributed by atoms with Gasteiger partial charge in [0.25, 0.3) is 0 Å². The number of nitrogens with zero attached hydrogens (tertiary/aromatic N) is 1. The smallest absolute Gasteiger partial charge is 0.0101 e. The van der Waals surface area contributed by atoms with Gasteiger partial charge < -0.3 is 4.90 Å². The molecule has 1 nitrogen and oxygen atoms in total. The second-order valence-corrected chi connectivity index (χ2v) is 6.50. The zero-order valence-electron chi connectivity index (χ0n) is 10.1. The van der Waals surface area contributed by atoms with Gasteiger partial charge in [0.15, 0.2) is 0 Å². The fraction of sp³-hybridized carbons (Fsp3) is 1.00. The fourth-order valence-corrected chi connectivity index (χ4v) is 2.71. The average Bonchev–Trinajstić information content (AvgIpc) is 2.74. The predicted octanol–water partition coefficient (Wildman–Crippen LogP) is 3.30. The van der Waals surface area contributed by atoms with E-state index in [4.69, 9.17) is 0 Å². The van der Waals surface area contributed by atoms with E-state index in [9.17, 15) is 0 Å². The lowest BCUT2D eigenvalue weighted by molar-refractivity contribution is 0.186. The Bertz CT molecular complexity index is 188. The zero-order chi connectivity index (χ0) is 10.2. The second-order valence-electron chi connectivity index (χ2n) is 6.50. The molecule has 0 bridgehead atoms. The third kappa shape index (κ3) is 2.98. The van der Waals surface area contributed by atoms with Gasteiger partial charge in [0, 0.05) is 12.6 Å². The fourth-order valence-electron chi connectivity index (χ4n) is 2.71. The third-order valence-electron chi connectivity index (χ3n) is 3.54. The molecule has 1 unspecified atom stereocenters. The zero-order valence-corrected chi connectivity index (χ0v) is 10.1. The molecule has 0 spiro atoms. The Morgan fingerprint density at radius 1 is 1.14 bits per heavy atom. The van der Waals surface area contributed by atoms with Gasteiger partial charge >= 0.3 is 0 Å². The van der Waals surface area contributed by atoms with Crippen LogP contribution in [0.5, 0.6) is 0 Å². The molecule has 0 amide bonds. The lowest BCUT2D eigenvalue weighted by Gasteiger charge is -2.30. The molecule has 1 saturated heterocycles. The molecule has 1 heteroatoms. The van der Waals surface area contributed by atoms with Crippen molar-refractivity contribution in [3.8, 4) is 0 Å². The molecule has 1 aliphatic carbocycles. The van der Waals surface area contributed by atoms with Crippen LogP contribution in [0.4, 0.5) is 0 Å². The number of hydrogen-bond acceptors (Lipinski definition) is 1. The minimum Gasteiger partial charge on any atom is -0.300 e. The largest absolute Gasteiger partial charge is 0.300 e. The minimum atomic E-state index is 0.511. The number of likely N-dealkylation sites (tertiary alicyclic amines) is 1. The summed E-state index contributed by atoms with van der Waals surface area (Å²) in [5, 5.41) is 0. The summed E-state index contributed by atoms with van der Waals surface area (Å²) in [6, 6.07) is 0.899. The van der Waals surface area contributed by atoms with Gasteiger partial charge in [-0.25, -0.2) is 0 Å². The minimum absolute atomic E-state index is 0.511. The summed E-state index contributed by atoms with van der Waals surface area (Å²) in [5.41, 5.74) is 0.511. The Morgan fingerprint density at radius 3 is 2.43 bits per heavy atom. The van der Waals surface area contributed by atoms with E-state index in [0.29, 0.717) is 5.41 Å². The maximum Gasteiger partial charge on any atom is 0.0101 e. The van der Waals surface area contributed by atoms with Crippen LogP contribution in [-0.2, 0) is 0 Å². The van der Waals surface area contributed by atoms with Crippen LogP contribution in [0.2, 0.25) is 0 Å². The standard InChI is InChI=1S/C13H25N/c1-13(2,3)9-12-5-4-8-14(12)10-11-6-7-11/h11-12H,4-10H2,1-3H3. The molecule has 0 radical (unpaired) electrons. The van der Waals surface area contributed by atoms with E-state index in [1.165, 1.54) is 45.2 Å². The first-order chi connectivity index (χ1) is 6.54. The normalized spacial score (nSPS) is 29.8. The van der Waals surface area contributed by atoms with Crippen molar-refractivity contribution in [2.45, 2.75) is 58.9 Å². The van der Waals surface area contributed by atoms with Gasteiger partial charge in [0.1, 0.15) is 0 Å². The Morgan fingerprint density at radius 2 is 1.86 bits per heavy atom. The van der Waals surface area contributed by atoms with E-state index in [-0.39, 0.29) is 0 Å². The van der Waals surface area contributed by atoms with Crippen LogP contribution in [0.3, 0.4) is 0 Å². The van der Waals surface area contributed by atoms with E-state index in [1.807, 2.05) is 0 Å². The van der Waals surface area contributed by atoms with Crippen LogP contribution >= 0.6 is 0 Å². The molecular weight excluding hydrogens is 170 g/mol. The molecule has 14 heavy (non-hydrogen) atoms. The molecule has 0 aromatic heterocycles. The van der Waals surface area contributed by atoms with Crippen LogP contribution in [0.1, 0.15) is 52.9 Å². The molecule has 2 fully saturated rings. The highest BCUT2D eigenvalue weighted by Crippen LogP contribution is 2.35. The summed E-state index contributed by atoms with van der Waals surface area (Å²) >= 11 is 0. The van der Waals surface area contributed by atoms with E-state index in [1.54, 1.807) is 0 Å². The van der Waals surface area contributed by atoms with Gasteiger partial charge in [-0.15, -0.1) is 0 Å².